The maximum atomic E-state index is 15.4. The molecular weight excluding hydrogens is 461 g/mol. The van der Waals surface area contributed by atoms with E-state index in [0.717, 1.165) is 6.07 Å². The Kier molecular flexibility index (Phi) is 7.42. The minimum Gasteiger partial charge on any atom is -0.394 e. The zero-order valence-corrected chi connectivity index (χ0v) is 18.8. The molecule has 0 unspecified atom stereocenters. The summed E-state index contributed by atoms with van der Waals surface area (Å²) in [7, 11) is 1.39. The number of rotatable bonds is 9. The number of benzene rings is 2. The first-order chi connectivity index (χ1) is 16.9. The first kappa shape index (κ1) is 24.4. The van der Waals surface area contributed by atoms with Gasteiger partial charge in [-0.3, -0.25) is 14.5 Å². The number of carbonyl (C=O) groups is 1. The average molecular weight is 484 g/mol. The molecule has 7 nitrogen and oxygen atoms in total. The van der Waals surface area contributed by atoms with Crippen LogP contribution in [0.3, 0.4) is 0 Å². The number of allylic oxidation sites excluding steroid dienone is 1. The molecule has 0 spiro atoms. The summed E-state index contributed by atoms with van der Waals surface area (Å²) < 4.78 is 50.5. The molecule has 0 radical (unpaired) electrons. The third-order valence-electron chi connectivity index (χ3n) is 5.75. The molecule has 0 saturated heterocycles. The smallest absolute Gasteiger partial charge is 0.252 e. The largest absolute Gasteiger partial charge is 0.394 e. The number of hydrogen-bond donors (Lipinski definition) is 2. The summed E-state index contributed by atoms with van der Waals surface area (Å²) >= 11 is 0. The van der Waals surface area contributed by atoms with Crippen molar-refractivity contribution in [2.24, 2.45) is 4.99 Å². The minimum absolute atomic E-state index is 0.0830. The normalized spacial score (nSPS) is 15.2. The number of amides is 1. The van der Waals surface area contributed by atoms with Crippen LogP contribution in [0.15, 0.2) is 71.7 Å². The number of ether oxygens (including phenoxy) is 1. The molecule has 10 heteroatoms. The number of hydrogen-bond acceptors (Lipinski definition) is 5. The molecule has 0 bridgehead atoms. The number of methoxy groups -OCH3 is 1. The summed E-state index contributed by atoms with van der Waals surface area (Å²) in [5.41, 5.74) is -0.115. The van der Waals surface area contributed by atoms with Crippen molar-refractivity contribution in [2.75, 3.05) is 20.3 Å². The van der Waals surface area contributed by atoms with Crippen molar-refractivity contribution in [3.05, 3.63) is 95.1 Å². The van der Waals surface area contributed by atoms with Crippen LogP contribution >= 0.6 is 0 Å². The molecule has 0 saturated carbocycles. The van der Waals surface area contributed by atoms with Crippen molar-refractivity contribution in [2.45, 2.75) is 18.7 Å². The molecule has 2 aromatic carbocycles. The predicted octanol–water partition coefficient (Wildman–Crippen LogP) is 3.15. The second-order valence-corrected chi connectivity index (χ2v) is 7.89. The van der Waals surface area contributed by atoms with Gasteiger partial charge >= 0.3 is 0 Å². The number of aliphatic hydroxyl groups excluding tert-OH is 1. The maximum absolute atomic E-state index is 15.4. The number of nitrogens with one attached hydrogen (secondary N) is 1. The van der Waals surface area contributed by atoms with Crippen molar-refractivity contribution in [3.8, 4) is 0 Å². The van der Waals surface area contributed by atoms with Crippen LogP contribution in [0.5, 0.6) is 0 Å². The second kappa shape index (κ2) is 10.7. The topological polar surface area (TPSA) is 88.7 Å². The van der Waals surface area contributed by atoms with Crippen molar-refractivity contribution < 1.29 is 27.8 Å². The summed E-state index contributed by atoms with van der Waals surface area (Å²) in [6.45, 7) is -0.295. The van der Waals surface area contributed by atoms with E-state index >= 15 is 4.39 Å². The van der Waals surface area contributed by atoms with Crippen LogP contribution in [0.1, 0.15) is 21.5 Å². The quantitative estimate of drug-likeness (QED) is 0.489. The van der Waals surface area contributed by atoms with Gasteiger partial charge < -0.3 is 15.2 Å². The summed E-state index contributed by atoms with van der Waals surface area (Å²) in [6.07, 6.45) is 2.48. The van der Waals surface area contributed by atoms with E-state index in [2.05, 4.69) is 15.4 Å². The second-order valence-electron chi connectivity index (χ2n) is 7.89. The van der Waals surface area contributed by atoms with Crippen molar-refractivity contribution in [1.82, 2.24) is 15.1 Å². The van der Waals surface area contributed by atoms with Crippen molar-refractivity contribution in [3.63, 3.8) is 0 Å². The maximum Gasteiger partial charge on any atom is 0.252 e. The highest BCUT2D eigenvalue weighted by Crippen LogP contribution is 2.31. The Labute approximate surface area is 199 Å². The fourth-order valence-corrected chi connectivity index (χ4v) is 3.93. The Morgan fingerprint density at radius 3 is 2.60 bits per heavy atom. The van der Waals surface area contributed by atoms with Crippen LogP contribution < -0.4 is 5.32 Å². The first-order valence-corrected chi connectivity index (χ1v) is 10.8. The van der Waals surface area contributed by atoms with E-state index in [0.29, 0.717) is 5.56 Å². The zero-order chi connectivity index (χ0) is 24.9. The molecule has 1 aliphatic rings. The molecule has 2 N–H and O–H groups in total. The highest BCUT2D eigenvalue weighted by atomic mass is 19.1. The number of aliphatic imine (C=N–C) groups is 1. The molecule has 0 fully saturated rings. The lowest BCUT2D eigenvalue weighted by Crippen LogP contribution is -2.48. The van der Waals surface area contributed by atoms with Gasteiger partial charge in [0, 0.05) is 25.1 Å². The first-order valence-electron chi connectivity index (χ1n) is 10.8. The van der Waals surface area contributed by atoms with Gasteiger partial charge in [-0.2, -0.15) is 5.10 Å². The Hall–Kier alpha value is -3.76. The van der Waals surface area contributed by atoms with Crippen LogP contribution in [0.4, 0.5) is 13.2 Å². The van der Waals surface area contributed by atoms with Crippen LogP contribution in [0.25, 0.3) is 5.57 Å². The Bertz CT molecular complexity index is 1250. The lowest BCUT2D eigenvalue weighted by atomic mass is 9.98. The molecule has 3 aromatic rings. The van der Waals surface area contributed by atoms with Gasteiger partial charge in [0.1, 0.15) is 23.5 Å². The Balaban J connectivity index is 1.66. The predicted molar refractivity (Wildman–Crippen MR) is 124 cm³/mol. The molecule has 1 aromatic heterocycles. The third kappa shape index (κ3) is 5.18. The fourth-order valence-electron chi connectivity index (χ4n) is 3.93. The van der Waals surface area contributed by atoms with E-state index in [1.54, 1.807) is 23.1 Å². The lowest BCUT2D eigenvalue weighted by Gasteiger charge is -2.26. The fraction of sp³-hybridized carbons (Fsp3) is 0.240. The molecule has 1 aliphatic heterocycles. The van der Waals surface area contributed by atoms with E-state index in [9.17, 15) is 18.7 Å². The van der Waals surface area contributed by atoms with Crippen LogP contribution in [-0.4, -0.2) is 58.9 Å². The summed E-state index contributed by atoms with van der Waals surface area (Å²) in [5.74, 6) is -2.77. The van der Waals surface area contributed by atoms with Gasteiger partial charge in [-0.15, -0.1) is 0 Å². The van der Waals surface area contributed by atoms with E-state index in [4.69, 9.17) is 4.74 Å². The number of halogens is 3. The van der Waals surface area contributed by atoms with Gasteiger partial charge in [-0.25, -0.2) is 13.2 Å². The molecule has 1 amide bonds. The van der Waals surface area contributed by atoms with Gasteiger partial charge in [-0.1, -0.05) is 18.2 Å². The lowest BCUT2D eigenvalue weighted by molar-refractivity contribution is 0.0166. The average Bonchev–Trinajstić information content (AvgIpc) is 3.50. The molecule has 2 atom stereocenters. The molecular formula is C25H23F3N4O3. The highest BCUT2D eigenvalue weighted by molar-refractivity contribution is 6.21. The molecule has 2 heterocycles. The summed E-state index contributed by atoms with van der Waals surface area (Å²) in [6, 6.07) is 10.0. The van der Waals surface area contributed by atoms with Gasteiger partial charge in [-0.05, 0) is 35.9 Å². The number of aliphatic hydroxyl groups is 1. The number of aromatic nitrogens is 2. The van der Waals surface area contributed by atoms with Gasteiger partial charge in [0.05, 0.1) is 36.9 Å². The zero-order valence-electron chi connectivity index (χ0n) is 18.8. The van der Waals surface area contributed by atoms with E-state index < -0.39 is 35.5 Å². The summed E-state index contributed by atoms with van der Waals surface area (Å²) in [5, 5.41) is 16.6. The van der Waals surface area contributed by atoms with Gasteiger partial charge in [0.2, 0.25) is 0 Å². The highest BCUT2D eigenvalue weighted by Gasteiger charge is 2.30. The molecule has 0 aliphatic carbocycles. The molecule has 4 rings (SSSR count). The third-order valence-corrected chi connectivity index (χ3v) is 5.75. The van der Waals surface area contributed by atoms with Crippen LogP contribution in [-0.2, 0) is 11.3 Å². The Morgan fingerprint density at radius 2 is 1.94 bits per heavy atom. The van der Waals surface area contributed by atoms with Crippen LogP contribution in [0.2, 0.25) is 0 Å². The standard InChI is InChI=1S/C25H23F3N4O3/c1-35-21(14-33)20(13-32-11-3-10-30-32)31-25(34)17-4-2-5-19(27)22(17)24-23(28)18(12-29-24)15-6-8-16(26)9-7-15/h2-11,20-21,33H,12-14H2,1H3,(H,31,34)/t20-,21+/m1/s1. The molecule has 182 valence electrons. The number of carbonyl (C=O) groups excluding carboxylic acids is 1. The van der Waals surface area contributed by atoms with E-state index in [-0.39, 0.29) is 42.1 Å². The van der Waals surface area contributed by atoms with Gasteiger partial charge in [0.25, 0.3) is 5.91 Å². The van der Waals surface area contributed by atoms with Crippen molar-refractivity contribution >= 4 is 17.2 Å². The van der Waals surface area contributed by atoms with E-state index in [1.165, 1.54) is 43.5 Å². The minimum atomic E-state index is -0.819. The van der Waals surface area contributed by atoms with Gasteiger partial charge in [0.15, 0.2) is 5.83 Å². The van der Waals surface area contributed by atoms with Crippen molar-refractivity contribution in [1.29, 1.82) is 0 Å². The van der Waals surface area contributed by atoms with E-state index in [1.807, 2.05) is 0 Å². The monoisotopic (exact) mass is 484 g/mol. The molecule has 35 heavy (non-hydrogen) atoms. The Morgan fingerprint density at radius 1 is 1.17 bits per heavy atom. The summed E-state index contributed by atoms with van der Waals surface area (Å²) in [4.78, 5) is 17.4. The SMILES string of the molecule is CO[C@@H](CO)[C@@H](Cn1cccn1)NC(=O)c1cccc(F)c1C1=NCC(c2ccc(F)cc2)=C1F. The van der Waals surface area contributed by atoms with Crippen LogP contribution in [0, 0.1) is 11.6 Å². The number of nitrogens with zero attached hydrogens (tertiary/aromatic N) is 3.